The van der Waals surface area contributed by atoms with Crippen molar-refractivity contribution in [2.75, 3.05) is 13.6 Å². The van der Waals surface area contributed by atoms with Crippen molar-refractivity contribution in [3.05, 3.63) is 63.6 Å². The van der Waals surface area contributed by atoms with Gasteiger partial charge in [-0.25, -0.2) is 9.37 Å². The zero-order valence-electron chi connectivity index (χ0n) is 16.0. The number of amides is 1. The first-order chi connectivity index (χ1) is 13.3. The number of imidazole rings is 1. The smallest absolute Gasteiger partial charge is 0.245 e. The molecule has 7 heteroatoms. The Hall–Kier alpha value is -2.11. The predicted molar refractivity (Wildman–Crippen MR) is 112 cm³/mol. The number of likely N-dealkylation sites (N-methyl/N-ethyl adjacent to an activating group) is 1. The molecule has 28 heavy (non-hydrogen) atoms. The lowest BCUT2D eigenvalue weighted by Crippen LogP contribution is -2.34. The van der Waals surface area contributed by atoms with Crippen LogP contribution in [0.1, 0.15) is 37.7 Å². The lowest BCUT2D eigenvalue weighted by Gasteiger charge is -2.23. The number of benzene rings is 2. The lowest BCUT2D eigenvalue weighted by molar-refractivity contribution is -0.132. The minimum atomic E-state index is -0.513. The molecule has 0 bridgehead atoms. The summed E-state index contributed by atoms with van der Waals surface area (Å²) in [6.45, 7) is 4.50. The summed E-state index contributed by atoms with van der Waals surface area (Å²) in [7, 11) is 1.78. The normalized spacial score (nSPS) is 12.4. The number of hydrogen-bond acceptors (Lipinski definition) is 2. The molecule has 1 amide bonds. The molecule has 0 radical (unpaired) electrons. The van der Waals surface area contributed by atoms with E-state index in [9.17, 15) is 9.18 Å². The second-order valence-corrected chi connectivity index (χ2v) is 7.67. The summed E-state index contributed by atoms with van der Waals surface area (Å²) in [5.41, 5.74) is 1.84. The van der Waals surface area contributed by atoms with Crippen LogP contribution in [-0.2, 0) is 11.2 Å². The molecular formula is C21H22Cl2FN3O. The third-order valence-corrected chi connectivity index (χ3v) is 5.51. The van der Waals surface area contributed by atoms with Crippen molar-refractivity contribution in [2.24, 2.45) is 0 Å². The molecule has 2 aromatic carbocycles. The molecule has 1 heterocycles. The first-order valence-electron chi connectivity index (χ1n) is 9.17. The Morgan fingerprint density at radius 3 is 2.61 bits per heavy atom. The van der Waals surface area contributed by atoms with E-state index in [1.165, 1.54) is 6.07 Å². The van der Waals surface area contributed by atoms with Gasteiger partial charge >= 0.3 is 0 Å². The van der Waals surface area contributed by atoms with Crippen LogP contribution in [0.5, 0.6) is 0 Å². The SMILES string of the molecule is CCCN(C)C(=O)C(C)n1c(Cc2ccccc2F)nc2cc(Cl)c(Cl)cc21. The minimum absolute atomic E-state index is 0.0398. The molecular weight excluding hydrogens is 400 g/mol. The van der Waals surface area contributed by atoms with Crippen molar-refractivity contribution < 1.29 is 9.18 Å². The average Bonchev–Trinajstić information content (AvgIpc) is 2.99. The van der Waals surface area contributed by atoms with E-state index in [0.717, 1.165) is 6.42 Å². The van der Waals surface area contributed by atoms with E-state index >= 15 is 0 Å². The topological polar surface area (TPSA) is 38.1 Å². The Labute approximate surface area is 173 Å². The molecule has 4 nitrogen and oxygen atoms in total. The Morgan fingerprint density at radius 1 is 1.25 bits per heavy atom. The lowest BCUT2D eigenvalue weighted by atomic mass is 10.1. The summed E-state index contributed by atoms with van der Waals surface area (Å²) >= 11 is 12.4. The quantitative estimate of drug-likeness (QED) is 0.526. The largest absolute Gasteiger partial charge is 0.344 e. The van der Waals surface area contributed by atoms with Crippen LogP contribution in [0.2, 0.25) is 10.0 Å². The number of carbonyl (C=O) groups is 1. The van der Waals surface area contributed by atoms with Gasteiger partial charge in [0.25, 0.3) is 0 Å². The Bertz CT molecular complexity index is 1020. The molecule has 1 aromatic heterocycles. The molecule has 0 aliphatic rings. The average molecular weight is 422 g/mol. The fraction of sp³-hybridized carbons (Fsp3) is 0.333. The molecule has 3 rings (SSSR count). The molecule has 0 spiro atoms. The maximum Gasteiger partial charge on any atom is 0.245 e. The van der Waals surface area contributed by atoms with Crippen LogP contribution < -0.4 is 0 Å². The highest BCUT2D eigenvalue weighted by Gasteiger charge is 2.25. The molecule has 148 valence electrons. The van der Waals surface area contributed by atoms with Crippen molar-refractivity contribution in [3.8, 4) is 0 Å². The molecule has 0 saturated carbocycles. The first-order valence-corrected chi connectivity index (χ1v) is 9.93. The summed E-state index contributed by atoms with van der Waals surface area (Å²) < 4.78 is 16.1. The van der Waals surface area contributed by atoms with E-state index in [4.69, 9.17) is 23.2 Å². The number of rotatable bonds is 6. The predicted octanol–water partition coefficient (Wildman–Crippen LogP) is 5.50. The van der Waals surface area contributed by atoms with Crippen LogP contribution in [0.4, 0.5) is 4.39 Å². The van der Waals surface area contributed by atoms with Crippen molar-refractivity contribution in [1.29, 1.82) is 0 Å². The molecule has 3 aromatic rings. The number of aromatic nitrogens is 2. The van der Waals surface area contributed by atoms with Gasteiger partial charge in [-0.15, -0.1) is 0 Å². The van der Waals surface area contributed by atoms with Crippen molar-refractivity contribution in [3.63, 3.8) is 0 Å². The van der Waals surface area contributed by atoms with Crippen LogP contribution in [0.15, 0.2) is 36.4 Å². The van der Waals surface area contributed by atoms with E-state index in [2.05, 4.69) is 4.98 Å². The monoisotopic (exact) mass is 421 g/mol. The van der Waals surface area contributed by atoms with Crippen LogP contribution in [-0.4, -0.2) is 34.0 Å². The van der Waals surface area contributed by atoms with Crippen LogP contribution in [0.3, 0.4) is 0 Å². The summed E-state index contributed by atoms with van der Waals surface area (Å²) in [6, 6.07) is 9.43. The molecule has 0 N–H and O–H groups in total. The number of halogens is 3. The second kappa shape index (κ2) is 8.50. The molecule has 0 saturated heterocycles. The number of fused-ring (bicyclic) bond motifs is 1. The molecule has 0 aliphatic heterocycles. The van der Waals surface area contributed by atoms with Crippen LogP contribution in [0, 0.1) is 5.82 Å². The minimum Gasteiger partial charge on any atom is -0.344 e. The van der Waals surface area contributed by atoms with Gasteiger partial charge in [0.05, 0.1) is 21.1 Å². The maximum atomic E-state index is 14.2. The van der Waals surface area contributed by atoms with Gasteiger partial charge in [0.1, 0.15) is 17.7 Å². The van der Waals surface area contributed by atoms with Gasteiger partial charge in [-0.05, 0) is 37.1 Å². The molecule has 0 aliphatic carbocycles. The highest BCUT2D eigenvalue weighted by molar-refractivity contribution is 6.42. The standard InChI is InChI=1S/C21H22Cl2FN3O/c1-4-9-26(3)21(28)13(2)27-19-12-16(23)15(22)11-18(19)25-20(27)10-14-7-5-6-8-17(14)24/h5-8,11-13H,4,9-10H2,1-3H3. The summed E-state index contributed by atoms with van der Waals surface area (Å²) in [5.74, 6) is 0.241. The summed E-state index contributed by atoms with van der Waals surface area (Å²) in [4.78, 5) is 19.3. The molecule has 0 fully saturated rings. The third-order valence-electron chi connectivity index (χ3n) is 4.79. The van der Waals surface area contributed by atoms with E-state index in [0.29, 0.717) is 39.0 Å². The maximum absolute atomic E-state index is 14.2. The fourth-order valence-electron chi connectivity index (χ4n) is 3.38. The second-order valence-electron chi connectivity index (χ2n) is 6.86. The van der Waals surface area contributed by atoms with E-state index in [1.807, 2.05) is 18.4 Å². The Balaban J connectivity index is 2.13. The van der Waals surface area contributed by atoms with E-state index in [1.54, 1.807) is 42.3 Å². The third kappa shape index (κ3) is 4.01. The van der Waals surface area contributed by atoms with Gasteiger partial charge in [-0.1, -0.05) is 48.3 Å². The van der Waals surface area contributed by atoms with Crippen molar-refractivity contribution >= 4 is 40.1 Å². The molecule has 1 atom stereocenters. The van der Waals surface area contributed by atoms with Crippen molar-refractivity contribution in [2.45, 2.75) is 32.7 Å². The van der Waals surface area contributed by atoms with Gasteiger partial charge < -0.3 is 9.47 Å². The number of hydrogen-bond donors (Lipinski definition) is 0. The first kappa shape index (κ1) is 20.6. The van der Waals surface area contributed by atoms with E-state index in [-0.39, 0.29) is 18.1 Å². The highest BCUT2D eigenvalue weighted by Crippen LogP contribution is 2.31. The Kier molecular flexibility index (Phi) is 6.26. The number of nitrogens with zero attached hydrogens (tertiary/aromatic N) is 3. The van der Waals surface area contributed by atoms with Gasteiger partial charge in [0.15, 0.2) is 0 Å². The van der Waals surface area contributed by atoms with Gasteiger partial charge in [-0.3, -0.25) is 4.79 Å². The van der Waals surface area contributed by atoms with Gasteiger partial charge in [0, 0.05) is 20.0 Å². The Morgan fingerprint density at radius 2 is 1.93 bits per heavy atom. The van der Waals surface area contributed by atoms with Gasteiger partial charge in [0.2, 0.25) is 5.91 Å². The van der Waals surface area contributed by atoms with Gasteiger partial charge in [-0.2, -0.15) is 0 Å². The van der Waals surface area contributed by atoms with Crippen LogP contribution in [0.25, 0.3) is 11.0 Å². The highest BCUT2D eigenvalue weighted by atomic mass is 35.5. The van der Waals surface area contributed by atoms with E-state index < -0.39 is 6.04 Å². The molecule has 1 unspecified atom stereocenters. The summed E-state index contributed by atoms with van der Waals surface area (Å²) in [5, 5.41) is 0.771. The van der Waals surface area contributed by atoms with Crippen molar-refractivity contribution in [1.82, 2.24) is 14.5 Å². The zero-order chi connectivity index (χ0) is 20.4. The summed E-state index contributed by atoms with van der Waals surface area (Å²) in [6.07, 6.45) is 1.12. The van der Waals surface area contributed by atoms with Crippen LogP contribution >= 0.6 is 23.2 Å². The zero-order valence-corrected chi connectivity index (χ0v) is 17.6. The fourth-order valence-corrected chi connectivity index (χ4v) is 3.70. The number of carbonyl (C=O) groups excluding carboxylic acids is 1.